The molecule has 110 valence electrons. The van der Waals surface area contributed by atoms with E-state index in [1.54, 1.807) is 36.3 Å². The fourth-order valence-corrected chi connectivity index (χ4v) is 1.85. The number of amides is 1. The average Bonchev–Trinajstić information content (AvgIpc) is 2.50. The third-order valence-corrected chi connectivity index (χ3v) is 2.91. The Morgan fingerprint density at radius 1 is 1.20 bits per heavy atom. The number of carbonyl (C=O) groups is 2. The van der Waals surface area contributed by atoms with E-state index in [0.717, 1.165) is 6.42 Å². The number of benzene rings is 1. The van der Waals surface area contributed by atoms with Gasteiger partial charge in [0.1, 0.15) is 5.75 Å². The average molecular weight is 279 g/mol. The van der Waals surface area contributed by atoms with Crippen molar-refractivity contribution < 1.29 is 19.1 Å². The van der Waals surface area contributed by atoms with Crippen LogP contribution in [0.3, 0.4) is 0 Å². The standard InChI is InChI=1S/C15H21NO4/c1-4-9-16(10-8-14(17)20-3)15(18)12-6-5-7-13(11-12)19-2/h5-7,11H,4,8-10H2,1-3H3. The summed E-state index contributed by atoms with van der Waals surface area (Å²) in [5.74, 6) is 0.222. The topological polar surface area (TPSA) is 55.8 Å². The Balaban J connectivity index is 2.78. The second-order valence-corrected chi connectivity index (χ2v) is 4.35. The molecule has 0 aliphatic heterocycles. The Hall–Kier alpha value is -2.04. The molecule has 0 aromatic heterocycles. The zero-order chi connectivity index (χ0) is 15.0. The normalized spacial score (nSPS) is 9.95. The van der Waals surface area contributed by atoms with E-state index in [9.17, 15) is 9.59 Å². The SMILES string of the molecule is CCCN(CCC(=O)OC)C(=O)c1cccc(OC)c1. The maximum Gasteiger partial charge on any atom is 0.307 e. The highest BCUT2D eigenvalue weighted by Gasteiger charge is 2.16. The molecule has 1 aromatic rings. The summed E-state index contributed by atoms with van der Waals surface area (Å²) in [6.07, 6.45) is 1.03. The summed E-state index contributed by atoms with van der Waals surface area (Å²) in [7, 11) is 2.90. The lowest BCUT2D eigenvalue weighted by atomic mass is 10.1. The molecule has 0 aliphatic rings. The first-order valence-electron chi connectivity index (χ1n) is 6.62. The van der Waals surface area contributed by atoms with Crippen LogP contribution in [0.4, 0.5) is 0 Å². The molecule has 5 nitrogen and oxygen atoms in total. The molecule has 0 radical (unpaired) electrons. The lowest BCUT2D eigenvalue weighted by Gasteiger charge is -2.21. The largest absolute Gasteiger partial charge is 0.497 e. The van der Waals surface area contributed by atoms with E-state index < -0.39 is 0 Å². The Morgan fingerprint density at radius 2 is 1.95 bits per heavy atom. The van der Waals surface area contributed by atoms with E-state index in [1.165, 1.54) is 7.11 Å². The minimum Gasteiger partial charge on any atom is -0.497 e. The molecule has 0 atom stereocenters. The van der Waals surface area contributed by atoms with Crippen LogP contribution in [0.5, 0.6) is 5.75 Å². The van der Waals surface area contributed by atoms with Crippen molar-refractivity contribution in [1.29, 1.82) is 0 Å². The molecule has 0 bridgehead atoms. The van der Waals surface area contributed by atoms with Crippen molar-refractivity contribution in [3.05, 3.63) is 29.8 Å². The predicted molar refractivity (Wildman–Crippen MR) is 75.8 cm³/mol. The molecule has 0 saturated heterocycles. The summed E-state index contributed by atoms with van der Waals surface area (Å²) >= 11 is 0. The Bertz CT molecular complexity index is 459. The van der Waals surface area contributed by atoms with Crippen LogP contribution in [0.25, 0.3) is 0 Å². The Kier molecular flexibility index (Phi) is 6.56. The van der Waals surface area contributed by atoms with Crippen LogP contribution in [0.15, 0.2) is 24.3 Å². The molecule has 0 unspecified atom stereocenters. The van der Waals surface area contributed by atoms with Gasteiger partial charge >= 0.3 is 5.97 Å². The fourth-order valence-electron chi connectivity index (χ4n) is 1.85. The maximum absolute atomic E-state index is 12.4. The van der Waals surface area contributed by atoms with Crippen molar-refractivity contribution in [2.24, 2.45) is 0 Å². The molecule has 0 heterocycles. The molecule has 0 saturated carbocycles. The maximum atomic E-state index is 12.4. The first kappa shape index (κ1) is 16.0. The minimum atomic E-state index is -0.315. The van der Waals surface area contributed by atoms with Crippen molar-refractivity contribution in [1.82, 2.24) is 4.90 Å². The molecule has 0 fully saturated rings. The van der Waals surface area contributed by atoms with Crippen molar-refractivity contribution in [2.75, 3.05) is 27.3 Å². The molecule has 1 rings (SSSR count). The lowest BCUT2D eigenvalue weighted by Crippen LogP contribution is -2.33. The van der Waals surface area contributed by atoms with Gasteiger partial charge in [0.15, 0.2) is 0 Å². The van der Waals surface area contributed by atoms with Gasteiger partial charge in [0.05, 0.1) is 20.6 Å². The van der Waals surface area contributed by atoms with E-state index in [2.05, 4.69) is 4.74 Å². The minimum absolute atomic E-state index is 0.102. The van der Waals surface area contributed by atoms with Crippen molar-refractivity contribution in [3.8, 4) is 5.75 Å². The summed E-state index contributed by atoms with van der Waals surface area (Å²) < 4.78 is 9.72. The molecule has 0 spiro atoms. The highest BCUT2D eigenvalue weighted by molar-refractivity contribution is 5.94. The first-order chi connectivity index (χ1) is 9.62. The molecule has 1 aromatic carbocycles. The monoisotopic (exact) mass is 279 g/mol. The first-order valence-corrected chi connectivity index (χ1v) is 6.62. The van der Waals surface area contributed by atoms with E-state index in [0.29, 0.717) is 24.4 Å². The third kappa shape index (κ3) is 4.57. The van der Waals surface area contributed by atoms with Gasteiger partial charge in [-0.05, 0) is 24.6 Å². The van der Waals surface area contributed by atoms with Gasteiger partial charge in [-0.25, -0.2) is 0 Å². The van der Waals surface area contributed by atoms with Gasteiger partial charge in [0.25, 0.3) is 5.91 Å². The van der Waals surface area contributed by atoms with Gasteiger partial charge in [0.2, 0.25) is 0 Å². The highest BCUT2D eigenvalue weighted by Crippen LogP contribution is 2.15. The number of ether oxygens (including phenoxy) is 2. The van der Waals surface area contributed by atoms with E-state index in [1.807, 2.05) is 6.92 Å². The van der Waals surface area contributed by atoms with E-state index in [-0.39, 0.29) is 18.3 Å². The number of esters is 1. The second kappa shape index (κ2) is 8.19. The molecule has 0 N–H and O–H groups in total. The molecular weight excluding hydrogens is 258 g/mol. The number of carbonyl (C=O) groups excluding carboxylic acids is 2. The van der Waals surface area contributed by atoms with Gasteiger partial charge in [-0.15, -0.1) is 0 Å². The summed E-state index contributed by atoms with van der Waals surface area (Å²) in [6.45, 7) is 2.95. The van der Waals surface area contributed by atoms with Crippen LogP contribution in [0, 0.1) is 0 Å². The Morgan fingerprint density at radius 3 is 2.55 bits per heavy atom. The fraction of sp³-hybridized carbons (Fsp3) is 0.467. The van der Waals surface area contributed by atoms with Crippen LogP contribution in [-0.4, -0.2) is 44.1 Å². The van der Waals surface area contributed by atoms with Gasteiger partial charge in [-0.1, -0.05) is 13.0 Å². The van der Waals surface area contributed by atoms with Crippen LogP contribution >= 0.6 is 0 Å². The summed E-state index contributed by atoms with van der Waals surface area (Å²) in [6, 6.07) is 7.00. The molecule has 0 aliphatic carbocycles. The highest BCUT2D eigenvalue weighted by atomic mass is 16.5. The van der Waals surface area contributed by atoms with E-state index >= 15 is 0 Å². The van der Waals surface area contributed by atoms with Gasteiger partial charge in [0, 0.05) is 18.7 Å². The van der Waals surface area contributed by atoms with Crippen molar-refractivity contribution >= 4 is 11.9 Å². The zero-order valence-electron chi connectivity index (χ0n) is 12.2. The number of hydrogen-bond acceptors (Lipinski definition) is 4. The molecular formula is C15H21NO4. The van der Waals surface area contributed by atoms with Crippen LogP contribution in [0.2, 0.25) is 0 Å². The molecule has 1 amide bonds. The smallest absolute Gasteiger partial charge is 0.307 e. The summed E-state index contributed by atoms with van der Waals surface area (Å²) in [4.78, 5) is 25.3. The Labute approximate surface area is 119 Å². The van der Waals surface area contributed by atoms with Crippen LogP contribution in [0.1, 0.15) is 30.1 Å². The van der Waals surface area contributed by atoms with Crippen LogP contribution < -0.4 is 4.74 Å². The van der Waals surface area contributed by atoms with Gasteiger partial charge < -0.3 is 14.4 Å². The predicted octanol–water partition coefficient (Wildman–Crippen LogP) is 2.11. The summed E-state index contributed by atoms with van der Waals surface area (Å²) in [5.41, 5.74) is 0.558. The van der Waals surface area contributed by atoms with Gasteiger partial charge in [-0.3, -0.25) is 9.59 Å². The molecule has 5 heteroatoms. The third-order valence-electron chi connectivity index (χ3n) is 2.91. The lowest BCUT2D eigenvalue weighted by molar-refractivity contribution is -0.140. The number of methoxy groups -OCH3 is 2. The second-order valence-electron chi connectivity index (χ2n) is 4.35. The van der Waals surface area contributed by atoms with E-state index in [4.69, 9.17) is 4.74 Å². The van der Waals surface area contributed by atoms with Crippen molar-refractivity contribution in [2.45, 2.75) is 19.8 Å². The number of rotatable bonds is 7. The summed E-state index contributed by atoms with van der Waals surface area (Å²) in [5, 5.41) is 0. The van der Waals surface area contributed by atoms with Crippen molar-refractivity contribution in [3.63, 3.8) is 0 Å². The zero-order valence-corrected chi connectivity index (χ0v) is 12.2. The number of nitrogens with zero attached hydrogens (tertiary/aromatic N) is 1. The van der Waals surface area contributed by atoms with Gasteiger partial charge in [-0.2, -0.15) is 0 Å². The van der Waals surface area contributed by atoms with Crippen LogP contribution in [-0.2, 0) is 9.53 Å². The molecule has 20 heavy (non-hydrogen) atoms. The quantitative estimate of drug-likeness (QED) is 0.717. The number of hydrogen-bond donors (Lipinski definition) is 0.